The first-order valence-corrected chi connectivity index (χ1v) is 12.5. The summed E-state index contributed by atoms with van der Waals surface area (Å²) in [7, 11) is 1.63. The quantitative estimate of drug-likeness (QED) is 0.459. The number of amides is 3. The van der Waals surface area contributed by atoms with Gasteiger partial charge in [-0.3, -0.25) is 9.69 Å². The van der Waals surface area contributed by atoms with Crippen LogP contribution in [0.25, 0.3) is 10.8 Å². The van der Waals surface area contributed by atoms with Gasteiger partial charge in [0.25, 0.3) is 5.91 Å². The number of ether oxygens (including phenoxy) is 1. The van der Waals surface area contributed by atoms with Crippen LogP contribution in [0.4, 0.5) is 4.79 Å². The third-order valence-corrected chi connectivity index (χ3v) is 7.59. The fourth-order valence-electron chi connectivity index (χ4n) is 5.58. The molecule has 0 radical (unpaired) electrons. The Labute approximate surface area is 207 Å². The van der Waals surface area contributed by atoms with Gasteiger partial charge in [-0.25, -0.2) is 4.79 Å². The lowest BCUT2D eigenvalue weighted by atomic mass is 9.85. The number of rotatable bonds is 8. The fourth-order valence-corrected chi connectivity index (χ4v) is 5.58. The molecule has 3 aromatic rings. The Balaban J connectivity index is 1.34. The largest absolute Gasteiger partial charge is 0.383 e. The fraction of sp³-hybridized carbons (Fsp3) is 0.379. The van der Waals surface area contributed by atoms with E-state index in [9.17, 15) is 9.59 Å². The number of carbonyl (C=O) groups excluding carboxylic acids is 2. The van der Waals surface area contributed by atoms with E-state index in [1.807, 2.05) is 30.3 Å². The molecule has 0 bridgehead atoms. The van der Waals surface area contributed by atoms with E-state index in [-0.39, 0.29) is 11.9 Å². The van der Waals surface area contributed by atoms with Gasteiger partial charge in [-0.05, 0) is 41.2 Å². The number of hydrogen-bond donors (Lipinski definition) is 0. The molecule has 3 aromatic carbocycles. The SMILES string of the molecule is COCCN1C(=O)N(Cc2cccc3ccccc23)C(=O)C12CCN(CCc1ccccc1)CC2. The highest BCUT2D eigenvalue weighted by Crippen LogP contribution is 2.38. The molecule has 0 aliphatic carbocycles. The molecule has 0 unspecified atom stereocenters. The molecule has 0 atom stereocenters. The van der Waals surface area contributed by atoms with E-state index in [0.717, 1.165) is 42.4 Å². The minimum atomic E-state index is -0.774. The van der Waals surface area contributed by atoms with Gasteiger partial charge in [-0.2, -0.15) is 0 Å². The van der Waals surface area contributed by atoms with Crippen LogP contribution >= 0.6 is 0 Å². The molecule has 2 fully saturated rings. The third kappa shape index (κ3) is 4.56. The number of nitrogens with zero attached hydrogens (tertiary/aromatic N) is 3. The summed E-state index contributed by atoms with van der Waals surface area (Å²) in [4.78, 5) is 33.2. The number of benzene rings is 3. The van der Waals surface area contributed by atoms with Crippen molar-refractivity contribution in [3.63, 3.8) is 0 Å². The number of methoxy groups -OCH3 is 1. The van der Waals surface area contributed by atoms with Crippen LogP contribution in [0, 0.1) is 0 Å². The minimum Gasteiger partial charge on any atom is -0.383 e. The van der Waals surface area contributed by atoms with E-state index in [1.54, 1.807) is 12.0 Å². The number of hydrogen-bond acceptors (Lipinski definition) is 4. The molecule has 6 nitrogen and oxygen atoms in total. The monoisotopic (exact) mass is 471 g/mol. The lowest BCUT2D eigenvalue weighted by molar-refractivity contribution is -0.136. The first kappa shape index (κ1) is 23.5. The summed E-state index contributed by atoms with van der Waals surface area (Å²) in [6.07, 6.45) is 2.30. The molecule has 2 aliphatic heterocycles. The molecule has 182 valence electrons. The van der Waals surface area contributed by atoms with Crippen molar-refractivity contribution < 1.29 is 14.3 Å². The smallest absolute Gasteiger partial charge is 0.328 e. The predicted molar refractivity (Wildman–Crippen MR) is 137 cm³/mol. The summed E-state index contributed by atoms with van der Waals surface area (Å²) in [5.41, 5.74) is 1.54. The van der Waals surface area contributed by atoms with Gasteiger partial charge in [0.2, 0.25) is 0 Å². The van der Waals surface area contributed by atoms with Crippen molar-refractivity contribution in [1.29, 1.82) is 0 Å². The van der Waals surface area contributed by atoms with Crippen molar-refractivity contribution in [3.8, 4) is 0 Å². The number of carbonyl (C=O) groups is 2. The van der Waals surface area contributed by atoms with E-state index in [0.29, 0.717) is 32.5 Å². The van der Waals surface area contributed by atoms with Crippen LogP contribution < -0.4 is 0 Å². The molecule has 0 N–H and O–H groups in total. The van der Waals surface area contributed by atoms with Crippen molar-refractivity contribution in [1.82, 2.24) is 14.7 Å². The average molecular weight is 472 g/mol. The Kier molecular flexibility index (Phi) is 6.84. The van der Waals surface area contributed by atoms with Crippen LogP contribution in [0.2, 0.25) is 0 Å². The normalized spacial score (nSPS) is 18.2. The van der Waals surface area contributed by atoms with Crippen molar-refractivity contribution in [3.05, 3.63) is 83.9 Å². The Morgan fingerprint density at radius 1 is 0.857 bits per heavy atom. The van der Waals surface area contributed by atoms with Crippen LogP contribution in [-0.2, 0) is 22.5 Å². The second-order valence-electron chi connectivity index (χ2n) is 9.57. The van der Waals surface area contributed by atoms with E-state index < -0.39 is 5.54 Å². The number of likely N-dealkylation sites (tertiary alicyclic amines) is 1. The highest BCUT2D eigenvalue weighted by Gasteiger charge is 2.57. The van der Waals surface area contributed by atoms with Gasteiger partial charge in [0.1, 0.15) is 5.54 Å². The first-order valence-electron chi connectivity index (χ1n) is 12.5. The zero-order valence-electron chi connectivity index (χ0n) is 20.4. The van der Waals surface area contributed by atoms with Crippen LogP contribution in [0.3, 0.4) is 0 Å². The average Bonchev–Trinajstić information content (AvgIpc) is 3.08. The van der Waals surface area contributed by atoms with Crippen molar-refractivity contribution in [2.24, 2.45) is 0 Å². The molecular weight excluding hydrogens is 438 g/mol. The maximum Gasteiger partial charge on any atom is 0.328 e. The summed E-state index contributed by atoms with van der Waals surface area (Å²) >= 11 is 0. The first-order chi connectivity index (χ1) is 17.1. The Hall–Kier alpha value is -3.22. The van der Waals surface area contributed by atoms with Crippen molar-refractivity contribution >= 4 is 22.7 Å². The Bertz CT molecular complexity index is 1180. The minimum absolute atomic E-state index is 0.0609. The van der Waals surface area contributed by atoms with E-state index in [2.05, 4.69) is 47.4 Å². The summed E-state index contributed by atoms with van der Waals surface area (Å²) in [5, 5.41) is 2.19. The lowest BCUT2D eigenvalue weighted by Gasteiger charge is -2.42. The third-order valence-electron chi connectivity index (χ3n) is 7.59. The number of imide groups is 1. The maximum atomic E-state index is 13.9. The molecule has 2 heterocycles. The van der Waals surface area contributed by atoms with Crippen LogP contribution in [0.5, 0.6) is 0 Å². The summed E-state index contributed by atoms with van der Waals surface area (Å²) in [6.45, 7) is 3.70. The second-order valence-corrected chi connectivity index (χ2v) is 9.57. The van der Waals surface area contributed by atoms with Crippen LogP contribution in [-0.4, -0.2) is 72.1 Å². The molecule has 2 saturated heterocycles. The molecule has 35 heavy (non-hydrogen) atoms. The Morgan fingerprint density at radius 3 is 2.34 bits per heavy atom. The topological polar surface area (TPSA) is 53.1 Å². The van der Waals surface area contributed by atoms with Crippen LogP contribution in [0.15, 0.2) is 72.8 Å². The maximum absolute atomic E-state index is 13.9. The molecule has 0 aromatic heterocycles. The van der Waals surface area contributed by atoms with Crippen molar-refractivity contribution in [2.75, 3.05) is 39.9 Å². The van der Waals surface area contributed by atoms with E-state index in [1.165, 1.54) is 10.5 Å². The van der Waals surface area contributed by atoms with E-state index >= 15 is 0 Å². The molecule has 2 aliphatic rings. The van der Waals surface area contributed by atoms with Gasteiger partial charge in [0.05, 0.1) is 13.2 Å². The lowest BCUT2D eigenvalue weighted by Crippen LogP contribution is -2.57. The Morgan fingerprint density at radius 2 is 1.57 bits per heavy atom. The van der Waals surface area contributed by atoms with Gasteiger partial charge in [-0.1, -0.05) is 72.8 Å². The molecule has 5 rings (SSSR count). The van der Waals surface area contributed by atoms with Crippen LogP contribution in [0.1, 0.15) is 24.0 Å². The zero-order valence-corrected chi connectivity index (χ0v) is 20.4. The number of fused-ring (bicyclic) bond motifs is 1. The van der Waals surface area contributed by atoms with Gasteiger partial charge in [-0.15, -0.1) is 0 Å². The van der Waals surface area contributed by atoms with Gasteiger partial charge in [0.15, 0.2) is 0 Å². The number of urea groups is 1. The molecular formula is C29H33N3O3. The van der Waals surface area contributed by atoms with Crippen molar-refractivity contribution in [2.45, 2.75) is 31.3 Å². The van der Waals surface area contributed by atoms with Gasteiger partial charge >= 0.3 is 6.03 Å². The molecule has 3 amide bonds. The van der Waals surface area contributed by atoms with E-state index in [4.69, 9.17) is 4.74 Å². The standard InChI is InChI=1S/C29H33N3O3/c1-35-21-20-32-28(34)31(22-25-12-7-11-24-10-5-6-13-26(24)25)27(33)29(32)15-18-30(19-16-29)17-14-23-8-3-2-4-9-23/h2-13H,14-22H2,1H3. The summed E-state index contributed by atoms with van der Waals surface area (Å²) in [5.74, 6) is -0.0609. The van der Waals surface area contributed by atoms with Gasteiger partial charge < -0.3 is 14.5 Å². The van der Waals surface area contributed by atoms with Gasteiger partial charge in [0, 0.05) is 33.3 Å². The molecule has 0 saturated carbocycles. The highest BCUT2D eigenvalue weighted by molar-refractivity contribution is 6.07. The molecule has 6 heteroatoms. The second kappa shape index (κ2) is 10.2. The summed E-state index contributed by atoms with van der Waals surface area (Å²) in [6, 6.07) is 24.5. The predicted octanol–water partition coefficient (Wildman–Crippen LogP) is 4.33. The number of piperidine rings is 1. The highest BCUT2D eigenvalue weighted by atomic mass is 16.5. The molecule has 1 spiro atoms. The zero-order chi connectivity index (χ0) is 24.3. The summed E-state index contributed by atoms with van der Waals surface area (Å²) < 4.78 is 5.31.